The standard InChI is InChI=1S/C20H30F3N5O/c1-4-24-18(29)17-8-6-16(7-9-17)14-26-19(25-5-2)28-12-10-27(11-13-28)15(3)20(21,22)23/h6-9,15H,4-5,10-14H2,1-3H3,(H,24,29)(H,25,26). The first-order valence-electron chi connectivity index (χ1n) is 9.97. The maximum absolute atomic E-state index is 12.9. The van der Waals surface area contributed by atoms with E-state index in [-0.39, 0.29) is 5.91 Å². The van der Waals surface area contributed by atoms with Gasteiger partial charge in [-0.25, -0.2) is 4.99 Å². The number of piperazine rings is 1. The maximum Gasteiger partial charge on any atom is 0.403 e. The third kappa shape index (κ3) is 6.62. The highest BCUT2D eigenvalue weighted by molar-refractivity contribution is 5.94. The van der Waals surface area contributed by atoms with E-state index in [0.717, 1.165) is 5.56 Å². The molecule has 1 fully saturated rings. The summed E-state index contributed by atoms with van der Waals surface area (Å²) >= 11 is 0. The molecule has 2 N–H and O–H groups in total. The Morgan fingerprint density at radius 2 is 1.66 bits per heavy atom. The molecular formula is C20H30F3N5O. The minimum Gasteiger partial charge on any atom is -0.357 e. The maximum atomic E-state index is 12.9. The number of alkyl halides is 3. The van der Waals surface area contributed by atoms with Gasteiger partial charge >= 0.3 is 6.18 Å². The van der Waals surface area contributed by atoms with Crippen molar-refractivity contribution in [3.8, 4) is 0 Å². The second-order valence-corrected chi connectivity index (χ2v) is 6.97. The van der Waals surface area contributed by atoms with Crippen molar-refractivity contribution in [2.24, 2.45) is 4.99 Å². The normalized spacial score (nSPS) is 17.2. The van der Waals surface area contributed by atoms with Crippen molar-refractivity contribution >= 4 is 11.9 Å². The number of aliphatic imine (C=N–C) groups is 1. The zero-order valence-corrected chi connectivity index (χ0v) is 17.2. The predicted octanol–water partition coefficient (Wildman–Crippen LogP) is 2.47. The van der Waals surface area contributed by atoms with Crippen molar-refractivity contribution in [2.75, 3.05) is 39.3 Å². The summed E-state index contributed by atoms with van der Waals surface area (Å²) in [5, 5.41) is 5.97. The van der Waals surface area contributed by atoms with Crippen molar-refractivity contribution in [1.82, 2.24) is 20.4 Å². The minimum absolute atomic E-state index is 0.109. The van der Waals surface area contributed by atoms with Crippen LogP contribution in [0.25, 0.3) is 0 Å². The molecule has 1 aromatic rings. The largest absolute Gasteiger partial charge is 0.403 e. The van der Waals surface area contributed by atoms with Crippen molar-refractivity contribution in [3.63, 3.8) is 0 Å². The van der Waals surface area contributed by atoms with Gasteiger partial charge in [0.05, 0.1) is 6.54 Å². The lowest BCUT2D eigenvalue weighted by Gasteiger charge is -2.39. The lowest BCUT2D eigenvalue weighted by molar-refractivity contribution is -0.181. The Hall–Kier alpha value is -2.29. The van der Waals surface area contributed by atoms with Gasteiger partial charge in [-0.1, -0.05) is 12.1 Å². The molecule has 1 aromatic carbocycles. The van der Waals surface area contributed by atoms with Crippen molar-refractivity contribution in [3.05, 3.63) is 35.4 Å². The van der Waals surface area contributed by atoms with Gasteiger partial charge in [0.15, 0.2) is 5.96 Å². The molecule has 2 rings (SSSR count). The topological polar surface area (TPSA) is 60.0 Å². The quantitative estimate of drug-likeness (QED) is 0.556. The van der Waals surface area contributed by atoms with Crippen LogP contribution in [0.4, 0.5) is 13.2 Å². The van der Waals surface area contributed by atoms with Crippen LogP contribution in [0.5, 0.6) is 0 Å². The number of nitrogens with one attached hydrogen (secondary N) is 2. The van der Waals surface area contributed by atoms with E-state index >= 15 is 0 Å². The number of benzene rings is 1. The first-order valence-corrected chi connectivity index (χ1v) is 9.97. The molecule has 0 bridgehead atoms. The Kier molecular flexibility index (Phi) is 8.31. The SMILES string of the molecule is CCNC(=O)c1ccc(CN=C(NCC)N2CCN(C(C)C(F)(F)F)CC2)cc1. The van der Waals surface area contributed by atoms with Gasteiger partial charge in [-0.2, -0.15) is 13.2 Å². The second kappa shape index (κ2) is 10.5. The molecule has 1 amide bonds. The van der Waals surface area contributed by atoms with Gasteiger partial charge < -0.3 is 15.5 Å². The van der Waals surface area contributed by atoms with Crippen LogP contribution in [0.15, 0.2) is 29.3 Å². The smallest absolute Gasteiger partial charge is 0.357 e. The summed E-state index contributed by atoms with van der Waals surface area (Å²) < 4.78 is 38.8. The Morgan fingerprint density at radius 3 is 2.17 bits per heavy atom. The average Bonchev–Trinajstić information content (AvgIpc) is 2.70. The number of rotatable bonds is 6. The zero-order valence-electron chi connectivity index (χ0n) is 17.2. The Labute approximate surface area is 170 Å². The third-order valence-corrected chi connectivity index (χ3v) is 4.93. The number of carbonyl (C=O) groups is 1. The van der Waals surface area contributed by atoms with Crippen molar-refractivity contribution < 1.29 is 18.0 Å². The Morgan fingerprint density at radius 1 is 1.07 bits per heavy atom. The van der Waals surface area contributed by atoms with E-state index in [1.807, 2.05) is 30.9 Å². The first kappa shape index (κ1) is 23.0. The summed E-state index contributed by atoms with van der Waals surface area (Å²) in [6, 6.07) is 5.81. The molecule has 0 saturated carbocycles. The van der Waals surface area contributed by atoms with Crippen LogP contribution in [0, 0.1) is 0 Å². The van der Waals surface area contributed by atoms with E-state index < -0.39 is 12.2 Å². The van der Waals surface area contributed by atoms with Gasteiger partial charge in [0.25, 0.3) is 5.91 Å². The van der Waals surface area contributed by atoms with Gasteiger partial charge in [-0.05, 0) is 38.5 Å². The molecule has 1 heterocycles. The van der Waals surface area contributed by atoms with E-state index in [4.69, 9.17) is 0 Å². The highest BCUT2D eigenvalue weighted by atomic mass is 19.4. The highest BCUT2D eigenvalue weighted by Crippen LogP contribution is 2.25. The highest BCUT2D eigenvalue weighted by Gasteiger charge is 2.41. The van der Waals surface area contributed by atoms with Gasteiger partial charge in [0.1, 0.15) is 6.04 Å². The van der Waals surface area contributed by atoms with Crippen LogP contribution in [-0.2, 0) is 6.54 Å². The lowest BCUT2D eigenvalue weighted by atomic mass is 10.1. The first-order chi connectivity index (χ1) is 13.8. The summed E-state index contributed by atoms with van der Waals surface area (Å²) in [6.07, 6.45) is -4.21. The summed E-state index contributed by atoms with van der Waals surface area (Å²) in [7, 11) is 0. The lowest BCUT2D eigenvalue weighted by Crippen LogP contribution is -2.56. The van der Waals surface area contributed by atoms with Gasteiger partial charge in [-0.15, -0.1) is 0 Å². The predicted molar refractivity (Wildman–Crippen MR) is 108 cm³/mol. The molecule has 162 valence electrons. The molecule has 0 aliphatic carbocycles. The number of carbonyl (C=O) groups excluding carboxylic acids is 1. The van der Waals surface area contributed by atoms with Crippen molar-refractivity contribution in [2.45, 2.75) is 39.5 Å². The molecule has 0 spiro atoms. The van der Waals surface area contributed by atoms with Crippen LogP contribution in [0.3, 0.4) is 0 Å². The third-order valence-electron chi connectivity index (χ3n) is 4.93. The fraction of sp³-hybridized carbons (Fsp3) is 0.600. The number of hydrogen-bond donors (Lipinski definition) is 2. The molecular weight excluding hydrogens is 383 g/mol. The zero-order chi connectivity index (χ0) is 21.4. The van der Waals surface area contributed by atoms with Gasteiger partial charge in [0.2, 0.25) is 0 Å². The van der Waals surface area contributed by atoms with Crippen LogP contribution >= 0.6 is 0 Å². The molecule has 0 radical (unpaired) electrons. The molecule has 0 aromatic heterocycles. The summed E-state index contributed by atoms with van der Waals surface area (Å²) in [4.78, 5) is 19.9. The van der Waals surface area contributed by atoms with E-state index in [0.29, 0.717) is 57.3 Å². The van der Waals surface area contributed by atoms with Gasteiger partial charge in [-0.3, -0.25) is 9.69 Å². The van der Waals surface area contributed by atoms with Crippen LogP contribution < -0.4 is 10.6 Å². The van der Waals surface area contributed by atoms with Crippen LogP contribution in [0.1, 0.15) is 36.7 Å². The molecule has 1 aliphatic heterocycles. The number of amides is 1. The Bertz CT molecular complexity index is 682. The summed E-state index contributed by atoms with van der Waals surface area (Å²) in [5.41, 5.74) is 1.55. The summed E-state index contributed by atoms with van der Waals surface area (Å²) in [6.45, 7) is 8.37. The molecule has 1 unspecified atom stereocenters. The number of nitrogens with zero attached hydrogens (tertiary/aromatic N) is 3. The fourth-order valence-electron chi connectivity index (χ4n) is 3.14. The monoisotopic (exact) mass is 413 g/mol. The molecule has 6 nitrogen and oxygen atoms in total. The van der Waals surface area contributed by atoms with Gasteiger partial charge in [0, 0.05) is 44.8 Å². The van der Waals surface area contributed by atoms with E-state index in [2.05, 4.69) is 15.6 Å². The summed E-state index contributed by atoms with van der Waals surface area (Å²) in [5.74, 6) is 0.585. The molecule has 1 aliphatic rings. The van der Waals surface area contributed by atoms with Crippen LogP contribution in [0.2, 0.25) is 0 Å². The second-order valence-electron chi connectivity index (χ2n) is 6.97. The minimum atomic E-state index is -4.21. The molecule has 1 atom stereocenters. The Balaban J connectivity index is 1.97. The average molecular weight is 413 g/mol. The van der Waals surface area contributed by atoms with E-state index in [1.54, 1.807) is 12.1 Å². The number of hydrogen-bond acceptors (Lipinski definition) is 3. The molecule has 29 heavy (non-hydrogen) atoms. The fourth-order valence-corrected chi connectivity index (χ4v) is 3.14. The van der Waals surface area contributed by atoms with Crippen molar-refractivity contribution in [1.29, 1.82) is 0 Å². The van der Waals surface area contributed by atoms with E-state index in [1.165, 1.54) is 11.8 Å². The van der Waals surface area contributed by atoms with Crippen LogP contribution in [-0.4, -0.2) is 73.2 Å². The number of halogens is 3. The van der Waals surface area contributed by atoms with E-state index in [9.17, 15) is 18.0 Å². The molecule has 1 saturated heterocycles. The molecule has 9 heteroatoms. The number of guanidine groups is 1.